The highest BCUT2D eigenvalue weighted by atomic mass is 19.1. The monoisotopic (exact) mass is 328 g/mol. The maximum atomic E-state index is 14.5. The number of hydrogen-bond acceptors (Lipinski definition) is 3. The molecule has 1 spiro atoms. The first-order chi connectivity index (χ1) is 11.7. The summed E-state index contributed by atoms with van der Waals surface area (Å²) in [5.74, 6) is -0.0851. The van der Waals surface area contributed by atoms with Crippen LogP contribution in [0, 0.1) is 5.82 Å². The predicted octanol–water partition coefficient (Wildman–Crippen LogP) is 3.06. The van der Waals surface area contributed by atoms with Gasteiger partial charge in [0, 0.05) is 30.5 Å². The zero-order valence-corrected chi connectivity index (χ0v) is 13.6. The number of benzene rings is 1. The molecule has 0 bridgehead atoms. The highest BCUT2D eigenvalue weighted by molar-refractivity contribution is 5.96. The van der Waals surface area contributed by atoms with Crippen LogP contribution in [-0.2, 0) is 16.8 Å². The van der Waals surface area contributed by atoms with Crippen molar-refractivity contribution in [1.29, 1.82) is 0 Å². The molecule has 1 amide bonds. The molecule has 6 heteroatoms. The number of anilines is 1. The van der Waals surface area contributed by atoms with Gasteiger partial charge in [0.15, 0.2) is 0 Å². The molecule has 0 saturated heterocycles. The Morgan fingerprint density at radius 2 is 2.12 bits per heavy atom. The lowest BCUT2D eigenvalue weighted by Gasteiger charge is -2.25. The van der Waals surface area contributed by atoms with Crippen molar-refractivity contribution in [2.75, 3.05) is 11.4 Å². The van der Waals surface area contributed by atoms with Crippen LogP contribution >= 0.6 is 0 Å². The zero-order valence-electron chi connectivity index (χ0n) is 13.6. The maximum Gasteiger partial charge on any atom is 0.227 e. The lowest BCUT2D eigenvalue weighted by Crippen LogP contribution is -2.35. The van der Waals surface area contributed by atoms with Gasteiger partial charge < -0.3 is 4.90 Å². The van der Waals surface area contributed by atoms with E-state index >= 15 is 0 Å². The van der Waals surface area contributed by atoms with E-state index in [0.29, 0.717) is 25.9 Å². The van der Waals surface area contributed by atoms with E-state index in [1.54, 1.807) is 17.1 Å². The minimum Gasteiger partial charge on any atom is -0.311 e. The third-order valence-corrected chi connectivity index (χ3v) is 5.38. The molecule has 0 radical (unpaired) electrons. The lowest BCUT2D eigenvalue weighted by molar-refractivity contribution is -0.118. The fourth-order valence-corrected chi connectivity index (χ4v) is 4.29. The highest BCUT2D eigenvalue weighted by Gasteiger charge is 2.47. The van der Waals surface area contributed by atoms with Crippen LogP contribution in [0.25, 0.3) is 0 Å². The van der Waals surface area contributed by atoms with E-state index in [1.807, 2.05) is 11.0 Å². The van der Waals surface area contributed by atoms with Crippen LogP contribution in [0.1, 0.15) is 44.1 Å². The summed E-state index contributed by atoms with van der Waals surface area (Å²) in [4.78, 5) is 18.5. The molecule has 0 N–H and O–H groups in total. The first-order valence-electron chi connectivity index (χ1n) is 8.61. The zero-order chi connectivity index (χ0) is 16.6. The molecule has 0 atom stereocenters. The van der Waals surface area contributed by atoms with Gasteiger partial charge in [-0.15, -0.1) is 0 Å². The number of rotatable bonds is 4. The van der Waals surface area contributed by atoms with Crippen LogP contribution in [0.2, 0.25) is 0 Å². The highest BCUT2D eigenvalue weighted by Crippen LogP contribution is 2.51. The molecule has 1 aromatic carbocycles. The molecule has 2 aliphatic rings. The number of nitrogens with zero attached hydrogens (tertiary/aromatic N) is 4. The van der Waals surface area contributed by atoms with E-state index in [1.165, 1.54) is 12.4 Å². The summed E-state index contributed by atoms with van der Waals surface area (Å²) in [6.45, 7) is 1.30. The Labute approximate surface area is 140 Å². The van der Waals surface area contributed by atoms with E-state index in [4.69, 9.17) is 0 Å². The normalized spacial score (nSPS) is 18.3. The molecule has 2 aromatic rings. The second kappa shape index (κ2) is 6.00. The van der Waals surface area contributed by atoms with E-state index in [-0.39, 0.29) is 17.1 Å². The Morgan fingerprint density at radius 1 is 1.29 bits per heavy atom. The fraction of sp³-hybridized carbons (Fsp3) is 0.500. The largest absolute Gasteiger partial charge is 0.311 e. The number of halogens is 1. The summed E-state index contributed by atoms with van der Waals surface area (Å²) < 4.78 is 16.2. The molecule has 4 rings (SSSR count). The SMILES string of the molecule is O=C(CCCn1cncn1)N1CC2(CCCC2)c2c(F)cccc21. The summed E-state index contributed by atoms with van der Waals surface area (Å²) in [5.41, 5.74) is 1.39. The van der Waals surface area contributed by atoms with Gasteiger partial charge >= 0.3 is 0 Å². The Kier molecular flexibility index (Phi) is 3.82. The molecule has 24 heavy (non-hydrogen) atoms. The van der Waals surface area contributed by atoms with Crippen molar-refractivity contribution in [3.8, 4) is 0 Å². The fourth-order valence-electron chi connectivity index (χ4n) is 4.29. The van der Waals surface area contributed by atoms with Crippen molar-refractivity contribution < 1.29 is 9.18 Å². The molecule has 126 valence electrons. The number of aromatic nitrogens is 3. The first kappa shape index (κ1) is 15.3. The third-order valence-electron chi connectivity index (χ3n) is 5.38. The van der Waals surface area contributed by atoms with Crippen LogP contribution in [0.5, 0.6) is 0 Å². The van der Waals surface area contributed by atoms with Gasteiger partial charge in [-0.1, -0.05) is 18.9 Å². The molecule has 1 aliphatic heterocycles. The van der Waals surface area contributed by atoms with Crippen molar-refractivity contribution in [2.24, 2.45) is 0 Å². The summed E-state index contributed by atoms with van der Waals surface area (Å²) in [6.07, 6.45) is 8.46. The summed E-state index contributed by atoms with van der Waals surface area (Å²) >= 11 is 0. The van der Waals surface area contributed by atoms with Crippen molar-refractivity contribution in [3.05, 3.63) is 42.2 Å². The Morgan fingerprint density at radius 3 is 2.88 bits per heavy atom. The van der Waals surface area contributed by atoms with Crippen molar-refractivity contribution in [3.63, 3.8) is 0 Å². The summed E-state index contributed by atoms with van der Waals surface area (Å²) in [5, 5.41) is 4.05. The maximum absolute atomic E-state index is 14.5. The van der Waals surface area contributed by atoms with Crippen molar-refractivity contribution in [2.45, 2.75) is 50.5 Å². The number of hydrogen-bond donors (Lipinski definition) is 0. The number of aryl methyl sites for hydroxylation is 1. The molecular weight excluding hydrogens is 307 g/mol. The summed E-state index contributed by atoms with van der Waals surface area (Å²) in [7, 11) is 0. The smallest absolute Gasteiger partial charge is 0.227 e. The quantitative estimate of drug-likeness (QED) is 0.867. The van der Waals surface area contributed by atoms with Crippen LogP contribution in [0.4, 0.5) is 10.1 Å². The predicted molar refractivity (Wildman–Crippen MR) is 88.2 cm³/mol. The molecule has 1 aliphatic carbocycles. The molecule has 1 fully saturated rings. The molecular formula is C18H21FN4O. The van der Waals surface area contributed by atoms with Gasteiger partial charge in [-0.3, -0.25) is 9.48 Å². The number of carbonyl (C=O) groups is 1. The number of carbonyl (C=O) groups excluding carboxylic acids is 1. The standard InChI is InChI=1S/C18H21FN4O/c19-14-5-3-6-15-17(14)18(8-1-2-9-18)11-23(15)16(24)7-4-10-22-13-20-12-21-22/h3,5-6,12-13H,1-2,4,7-11H2. The van der Waals surface area contributed by atoms with Gasteiger partial charge in [-0.2, -0.15) is 5.10 Å². The van der Waals surface area contributed by atoms with Gasteiger partial charge in [0.05, 0.1) is 5.69 Å². The van der Waals surface area contributed by atoms with E-state index in [2.05, 4.69) is 10.1 Å². The number of amides is 1. The van der Waals surface area contributed by atoms with Crippen molar-refractivity contribution >= 4 is 11.6 Å². The molecule has 5 nitrogen and oxygen atoms in total. The Balaban J connectivity index is 1.52. The van der Waals surface area contributed by atoms with E-state index < -0.39 is 0 Å². The molecule has 1 saturated carbocycles. The third kappa shape index (κ3) is 2.50. The van der Waals surface area contributed by atoms with Gasteiger partial charge in [0.25, 0.3) is 0 Å². The lowest BCUT2D eigenvalue weighted by atomic mass is 9.80. The topological polar surface area (TPSA) is 51.0 Å². The van der Waals surface area contributed by atoms with Gasteiger partial charge in [0.1, 0.15) is 18.5 Å². The van der Waals surface area contributed by atoms with Crippen LogP contribution in [-0.4, -0.2) is 27.2 Å². The van der Waals surface area contributed by atoms with E-state index in [9.17, 15) is 9.18 Å². The molecule has 0 unspecified atom stereocenters. The molecule has 1 aromatic heterocycles. The Hall–Kier alpha value is -2.24. The van der Waals surface area contributed by atoms with Gasteiger partial charge in [-0.25, -0.2) is 9.37 Å². The second-order valence-corrected chi connectivity index (χ2v) is 6.86. The van der Waals surface area contributed by atoms with E-state index in [0.717, 1.165) is 36.9 Å². The second-order valence-electron chi connectivity index (χ2n) is 6.86. The average Bonchev–Trinajstić information content (AvgIpc) is 3.30. The average molecular weight is 328 g/mol. The molecule has 2 heterocycles. The Bertz CT molecular complexity index is 737. The van der Waals surface area contributed by atoms with Crippen LogP contribution in [0.15, 0.2) is 30.9 Å². The minimum atomic E-state index is -0.164. The van der Waals surface area contributed by atoms with Crippen LogP contribution in [0.3, 0.4) is 0 Å². The number of fused-ring (bicyclic) bond motifs is 2. The minimum absolute atomic E-state index is 0.0748. The van der Waals surface area contributed by atoms with Crippen LogP contribution < -0.4 is 4.90 Å². The first-order valence-corrected chi connectivity index (χ1v) is 8.61. The van der Waals surface area contributed by atoms with Crippen molar-refractivity contribution in [1.82, 2.24) is 14.8 Å². The van der Waals surface area contributed by atoms with Gasteiger partial charge in [-0.05, 0) is 31.4 Å². The summed E-state index contributed by atoms with van der Waals surface area (Å²) in [6, 6.07) is 5.12. The van der Waals surface area contributed by atoms with Gasteiger partial charge in [0.2, 0.25) is 5.91 Å².